The summed E-state index contributed by atoms with van der Waals surface area (Å²) >= 11 is 0. The zero-order valence-electron chi connectivity index (χ0n) is 5.59. The number of nitrogens with zero attached hydrogens (tertiary/aromatic N) is 1. The predicted molar refractivity (Wildman–Crippen MR) is 34.9 cm³/mol. The molecule has 0 atom stereocenters. The van der Waals surface area contributed by atoms with E-state index >= 15 is 0 Å². The minimum absolute atomic E-state index is 0.775. The molecule has 2 heteroatoms. The second-order valence-electron chi connectivity index (χ2n) is 2.10. The first kappa shape index (κ1) is 6.08. The minimum Gasteiger partial charge on any atom is -0.619 e. The number of hydrogen-bond donors (Lipinski definition) is 0. The SMILES string of the molecule is Cc1ccc[n+]([O-])c1C. The van der Waals surface area contributed by atoms with Crippen molar-refractivity contribution in [1.29, 1.82) is 0 Å². The van der Waals surface area contributed by atoms with Crippen LogP contribution in [0.2, 0.25) is 0 Å². The Balaban J connectivity index is 3.25. The fourth-order valence-electron chi connectivity index (χ4n) is 0.672. The first-order chi connectivity index (χ1) is 4.22. The number of aromatic nitrogens is 1. The van der Waals surface area contributed by atoms with Crippen LogP contribution in [-0.2, 0) is 0 Å². The Hall–Kier alpha value is -1.05. The molecule has 0 saturated heterocycles. The van der Waals surface area contributed by atoms with E-state index in [9.17, 15) is 5.21 Å². The van der Waals surface area contributed by atoms with Crippen molar-refractivity contribution in [2.45, 2.75) is 13.8 Å². The summed E-state index contributed by atoms with van der Waals surface area (Å²) in [6.45, 7) is 3.73. The third-order valence-corrected chi connectivity index (χ3v) is 1.47. The van der Waals surface area contributed by atoms with Gasteiger partial charge in [-0.1, -0.05) is 0 Å². The molecular weight excluding hydrogens is 114 g/mol. The maximum Gasteiger partial charge on any atom is 0.192 e. The van der Waals surface area contributed by atoms with Gasteiger partial charge in [-0.25, -0.2) is 0 Å². The molecule has 0 N–H and O–H groups in total. The summed E-state index contributed by atoms with van der Waals surface area (Å²) in [5.41, 5.74) is 1.81. The average Bonchev–Trinajstić information content (AvgIpc) is 1.83. The number of hydrogen-bond acceptors (Lipinski definition) is 1. The van der Waals surface area contributed by atoms with Gasteiger partial charge in [0.15, 0.2) is 11.9 Å². The summed E-state index contributed by atoms with van der Waals surface area (Å²) in [4.78, 5) is 0. The van der Waals surface area contributed by atoms with Crippen LogP contribution >= 0.6 is 0 Å². The molecule has 0 bridgehead atoms. The van der Waals surface area contributed by atoms with Gasteiger partial charge in [-0.3, -0.25) is 0 Å². The van der Waals surface area contributed by atoms with Gasteiger partial charge in [0.1, 0.15) is 0 Å². The number of pyridine rings is 1. The highest BCUT2D eigenvalue weighted by Gasteiger charge is 1.98. The molecule has 0 radical (unpaired) electrons. The molecule has 9 heavy (non-hydrogen) atoms. The molecule has 0 aliphatic rings. The van der Waals surface area contributed by atoms with E-state index in [1.807, 2.05) is 19.9 Å². The van der Waals surface area contributed by atoms with Crippen LogP contribution in [0.1, 0.15) is 11.3 Å². The quantitative estimate of drug-likeness (QED) is 0.372. The van der Waals surface area contributed by atoms with E-state index in [0.717, 1.165) is 16.0 Å². The second-order valence-corrected chi connectivity index (χ2v) is 2.10. The highest BCUT2D eigenvalue weighted by molar-refractivity contribution is 5.11. The Labute approximate surface area is 54.3 Å². The zero-order chi connectivity index (χ0) is 6.85. The van der Waals surface area contributed by atoms with Crippen molar-refractivity contribution in [3.8, 4) is 0 Å². The second kappa shape index (κ2) is 2.05. The lowest BCUT2D eigenvalue weighted by Crippen LogP contribution is -2.29. The normalized spacial score (nSPS) is 9.56. The molecule has 48 valence electrons. The number of aryl methyl sites for hydroxylation is 1. The molecule has 0 spiro atoms. The molecular formula is C7H9NO. The third kappa shape index (κ3) is 1.02. The zero-order valence-corrected chi connectivity index (χ0v) is 5.59. The van der Waals surface area contributed by atoms with E-state index in [1.165, 1.54) is 6.20 Å². The fraction of sp³-hybridized carbons (Fsp3) is 0.286. The van der Waals surface area contributed by atoms with Crippen molar-refractivity contribution in [1.82, 2.24) is 0 Å². The molecule has 0 aliphatic carbocycles. The lowest BCUT2D eigenvalue weighted by Gasteiger charge is -2.00. The van der Waals surface area contributed by atoms with Gasteiger partial charge in [0.05, 0.1) is 0 Å². The Morgan fingerprint density at radius 1 is 1.44 bits per heavy atom. The van der Waals surface area contributed by atoms with Gasteiger partial charge in [0.25, 0.3) is 0 Å². The smallest absolute Gasteiger partial charge is 0.192 e. The Morgan fingerprint density at radius 2 is 2.11 bits per heavy atom. The van der Waals surface area contributed by atoms with Gasteiger partial charge in [-0.15, -0.1) is 0 Å². The van der Waals surface area contributed by atoms with Crippen LogP contribution < -0.4 is 4.73 Å². The van der Waals surface area contributed by atoms with Crippen molar-refractivity contribution < 1.29 is 4.73 Å². The van der Waals surface area contributed by atoms with Gasteiger partial charge in [0, 0.05) is 18.6 Å². The molecule has 0 unspecified atom stereocenters. The maximum atomic E-state index is 10.8. The predicted octanol–water partition coefficient (Wildman–Crippen LogP) is 0.937. The molecule has 0 amide bonds. The lowest BCUT2D eigenvalue weighted by atomic mass is 10.2. The van der Waals surface area contributed by atoms with Crippen molar-refractivity contribution in [3.63, 3.8) is 0 Å². The fourth-order valence-corrected chi connectivity index (χ4v) is 0.672. The highest BCUT2D eigenvalue weighted by atomic mass is 16.5. The third-order valence-electron chi connectivity index (χ3n) is 1.47. The summed E-state index contributed by atoms with van der Waals surface area (Å²) in [6.07, 6.45) is 1.50. The topological polar surface area (TPSA) is 26.9 Å². The monoisotopic (exact) mass is 123 g/mol. The van der Waals surface area contributed by atoms with Crippen LogP contribution in [0.4, 0.5) is 0 Å². The van der Waals surface area contributed by atoms with Crippen molar-refractivity contribution in [2.24, 2.45) is 0 Å². The van der Waals surface area contributed by atoms with Crippen LogP contribution in [0.25, 0.3) is 0 Å². The summed E-state index contributed by atoms with van der Waals surface area (Å²) in [7, 11) is 0. The Morgan fingerprint density at radius 3 is 2.56 bits per heavy atom. The molecule has 1 rings (SSSR count). The van der Waals surface area contributed by atoms with E-state index in [4.69, 9.17) is 0 Å². The van der Waals surface area contributed by atoms with Crippen LogP contribution in [0.5, 0.6) is 0 Å². The summed E-state index contributed by atoms with van der Waals surface area (Å²) in [5.74, 6) is 0. The van der Waals surface area contributed by atoms with Crippen molar-refractivity contribution >= 4 is 0 Å². The van der Waals surface area contributed by atoms with E-state index < -0.39 is 0 Å². The van der Waals surface area contributed by atoms with Crippen molar-refractivity contribution in [2.75, 3.05) is 0 Å². The summed E-state index contributed by atoms with van der Waals surface area (Å²) < 4.78 is 0.870. The van der Waals surface area contributed by atoms with Crippen LogP contribution in [0, 0.1) is 19.1 Å². The average molecular weight is 123 g/mol. The first-order valence-corrected chi connectivity index (χ1v) is 2.87. The van der Waals surface area contributed by atoms with Gasteiger partial charge in [-0.2, -0.15) is 4.73 Å². The Kier molecular flexibility index (Phi) is 1.39. The number of rotatable bonds is 0. The van der Waals surface area contributed by atoms with Gasteiger partial charge < -0.3 is 5.21 Å². The van der Waals surface area contributed by atoms with Gasteiger partial charge in [0.2, 0.25) is 0 Å². The molecule has 0 fully saturated rings. The van der Waals surface area contributed by atoms with Crippen LogP contribution in [0.15, 0.2) is 18.3 Å². The molecule has 0 saturated carbocycles. The van der Waals surface area contributed by atoms with E-state index in [1.54, 1.807) is 6.07 Å². The molecule has 0 aliphatic heterocycles. The van der Waals surface area contributed by atoms with Gasteiger partial charge >= 0.3 is 0 Å². The van der Waals surface area contributed by atoms with Crippen LogP contribution in [-0.4, -0.2) is 0 Å². The molecule has 0 aromatic carbocycles. The molecule has 1 heterocycles. The summed E-state index contributed by atoms with van der Waals surface area (Å²) in [6, 6.07) is 3.67. The standard InChI is InChI=1S/C7H9NO/c1-6-4-3-5-8(9)7(6)2/h3-5H,1-2H3. The highest BCUT2D eigenvalue weighted by Crippen LogP contribution is 1.96. The van der Waals surface area contributed by atoms with E-state index in [0.29, 0.717) is 0 Å². The first-order valence-electron chi connectivity index (χ1n) is 2.87. The lowest BCUT2D eigenvalue weighted by molar-refractivity contribution is -0.612. The van der Waals surface area contributed by atoms with E-state index in [-0.39, 0.29) is 0 Å². The Bertz CT molecular complexity index is 200. The molecule has 1 aromatic heterocycles. The summed E-state index contributed by atoms with van der Waals surface area (Å²) in [5, 5.41) is 10.8. The molecule has 1 aromatic rings. The van der Waals surface area contributed by atoms with Crippen molar-refractivity contribution in [3.05, 3.63) is 34.8 Å². The maximum absolute atomic E-state index is 10.8. The van der Waals surface area contributed by atoms with E-state index in [2.05, 4.69) is 0 Å². The largest absolute Gasteiger partial charge is 0.619 e. The minimum atomic E-state index is 0.775. The van der Waals surface area contributed by atoms with Crippen LogP contribution in [0.3, 0.4) is 0 Å². The van der Waals surface area contributed by atoms with Gasteiger partial charge in [-0.05, 0) is 13.0 Å². The molecule has 2 nitrogen and oxygen atoms in total.